The summed E-state index contributed by atoms with van der Waals surface area (Å²) in [4.78, 5) is 13.6. The summed E-state index contributed by atoms with van der Waals surface area (Å²) >= 11 is 3.03. The highest BCUT2D eigenvalue weighted by Gasteiger charge is 2.17. The Labute approximate surface area is 184 Å². The second-order valence-electron chi connectivity index (χ2n) is 7.01. The van der Waals surface area contributed by atoms with E-state index in [1.54, 1.807) is 11.3 Å². The highest BCUT2D eigenvalue weighted by molar-refractivity contribution is 7.99. The normalized spacial score (nSPS) is 10.9. The van der Waals surface area contributed by atoms with Gasteiger partial charge < -0.3 is 5.32 Å². The fraction of sp³-hybridized carbons (Fsp3) is 0.174. The third-order valence-corrected chi connectivity index (χ3v) is 6.46. The van der Waals surface area contributed by atoms with Crippen molar-refractivity contribution in [2.45, 2.75) is 25.5 Å². The smallest absolute Gasteiger partial charge is 0.234 e. The van der Waals surface area contributed by atoms with Crippen molar-refractivity contribution in [2.24, 2.45) is 0 Å². The maximum atomic E-state index is 12.5. The van der Waals surface area contributed by atoms with Crippen molar-refractivity contribution < 1.29 is 4.79 Å². The number of hydrogen-bond donors (Lipinski definition) is 1. The van der Waals surface area contributed by atoms with Crippen LogP contribution in [0.3, 0.4) is 0 Å². The summed E-state index contributed by atoms with van der Waals surface area (Å²) in [6.45, 7) is 4.70. The average molecular weight is 435 g/mol. The lowest BCUT2D eigenvalue weighted by atomic mass is 10.1. The largest absolute Gasteiger partial charge is 0.325 e. The first-order valence-electron chi connectivity index (χ1n) is 9.61. The lowest BCUT2D eigenvalue weighted by Crippen LogP contribution is -2.15. The Balaban J connectivity index is 1.51. The Kier molecular flexibility index (Phi) is 6.30. The lowest BCUT2D eigenvalue weighted by Gasteiger charge is -2.11. The number of anilines is 1. The zero-order valence-corrected chi connectivity index (χ0v) is 18.5. The van der Waals surface area contributed by atoms with Gasteiger partial charge in [-0.25, -0.2) is 0 Å². The van der Waals surface area contributed by atoms with Crippen molar-refractivity contribution in [3.63, 3.8) is 0 Å². The van der Waals surface area contributed by atoms with Gasteiger partial charge in [-0.05, 0) is 42.5 Å². The molecule has 2 aromatic carbocycles. The van der Waals surface area contributed by atoms with Gasteiger partial charge >= 0.3 is 0 Å². The van der Waals surface area contributed by atoms with E-state index in [-0.39, 0.29) is 11.7 Å². The number of hydrogen-bond acceptors (Lipinski definition) is 5. The second kappa shape index (κ2) is 9.28. The Morgan fingerprint density at radius 1 is 1.07 bits per heavy atom. The fourth-order valence-electron chi connectivity index (χ4n) is 3.16. The molecular formula is C23H22N4OS2. The number of thiophene rings is 1. The van der Waals surface area contributed by atoms with Crippen LogP contribution in [0.4, 0.5) is 5.69 Å². The molecule has 0 aliphatic heterocycles. The first-order chi connectivity index (χ1) is 14.6. The first kappa shape index (κ1) is 20.4. The Hall–Kier alpha value is -2.90. The molecule has 0 radical (unpaired) electrons. The van der Waals surface area contributed by atoms with Gasteiger partial charge in [-0.1, -0.05) is 65.9 Å². The van der Waals surface area contributed by atoms with Crippen LogP contribution in [0.1, 0.15) is 16.7 Å². The molecule has 0 saturated heterocycles. The number of nitrogens with zero attached hydrogens (tertiary/aromatic N) is 3. The maximum Gasteiger partial charge on any atom is 0.234 e. The van der Waals surface area contributed by atoms with E-state index in [0.29, 0.717) is 6.54 Å². The molecule has 1 amide bonds. The van der Waals surface area contributed by atoms with Crippen molar-refractivity contribution >= 4 is 34.7 Å². The summed E-state index contributed by atoms with van der Waals surface area (Å²) in [5.74, 6) is 1.04. The molecule has 30 heavy (non-hydrogen) atoms. The summed E-state index contributed by atoms with van der Waals surface area (Å²) in [5, 5.41) is 14.5. The lowest BCUT2D eigenvalue weighted by molar-refractivity contribution is -0.113. The summed E-state index contributed by atoms with van der Waals surface area (Å²) in [5.41, 5.74) is 4.24. The summed E-state index contributed by atoms with van der Waals surface area (Å²) < 4.78 is 2.08. The van der Waals surface area contributed by atoms with Crippen LogP contribution in [0, 0.1) is 13.8 Å². The van der Waals surface area contributed by atoms with Crippen LogP contribution in [0.5, 0.6) is 0 Å². The van der Waals surface area contributed by atoms with E-state index in [9.17, 15) is 4.79 Å². The molecule has 2 aromatic heterocycles. The zero-order chi connectivity index (χ0) is 20.9. The Morgan fingerprint density at radius 2 is 1.90 bits per heavy atom. The van der Waals surface area contributed by atoms with Gasteiger partial charge in [0.05, 0.1) is 17.2 Å². The minimum Gasteiger partial charge on any atom is -0.325 e. The molecule has 1 N–H and O–H groups in total. The highest BCUT2D eigenvalue weighted by Crippen LogP contribution is 2.28. The molecule has 0 aliphatic rings. The number of nitrogens with one attached hydrogen (secondary N) is 1. The van der Waals surface area contributed by atoms with Crippen LogP contribution in [0.2, 0.25) is 0 Å². The van der Waals surface area contributed by atoms with Gasteiger partial charge in [-0.15, -0.1) is 21.5 Å². The summed E-state index contributed by atoms with van der Waals surface area (Å²) in [6.07, 6.45) is 0. The fourth-order valence-corrected chi connectivity index (χ4v) is 4.62. The topological polar surface area (TPSA) is 59.8 Å². The molecule has 7 heteroatoms. The molecule has 5 nitrogen and oxygen atoms in total. The zero-order valence-electron chi connectivity index (χ0n) is 16.8. The van der Waals surface area contributed by atoms with Crippen LogP contribution in [0.25, 0.3) is 10.7 Å². The Morgan fingerprint density at radius 3 is 2.63 bits per heavy atom. The van der Waals surface area contributed by atoms with Crippen LogP contribution in [-0.2, 0) is 11.3 Å². The molecule has 2 heterocycles. The van der Waals surface area contributed by atoms with Crippen molar-refractivity contribution in [1.82, 2.24) is 14.8 Å². The van der Waals surface area contributed by atoms with Gasteiger partial charge in [-0.2, -0.15) is 0 Å². The molecule has 4 aromatic rings. The standard InChI is InChI=1S/C23H22N4OS2/c1-16-10-11-19(17(2)13-16)24-21(28)15-30-23-26-25-22(20-9-6-12-29-20)27(23)14-18-7-4-3-5-8-18/h3-13H,14-15H2,1-2H3,(H,24,28). The number of amides is 1. The number of benzene rings is 2. The van der Waals surface area contributed by atoms with E-state index in [1.807, 2.05) is 61.7 Å². The van der Waals surface area contributed by atoms with E-state index in [1.165, 1.54) is 17.3 Å². The number of aromatic nitrogens is 3. The van der Waals surface area contributed by atoms with Gasteiger partial charge in [0.1, 0.15) is 0 Å². The Bertz CT molecular complexity index is 1140. The number of rotatable bonds is 7. The summed E-state index contributed by atoms with van der Waals surface area (Å²) in [7, 11) is 0. The van der Waals surface area contributed by atoms with Gasteiger partial charge in [0, 0.05) is 5.69 Å². The molecule has 0 spiro atoms. The summed E-state index contributed by atoms with van der Waals surface area (Å²) in [6, 6.07) is 20.3. The molecule has 0 aliphatic carbocycles. The molecule has 0 bridgehead atoms. The monoisotopic (exact) mass is 434 g/mol. The van der Waals surface area contributed by atoms with Crippen molar-refractivity contribution in [2.75, 3.05) is 11.1 Å². The minimum absolute atomic E-state index is 0.0566. The van der Waals surface area contributed by atoms with Crippen LogP contribution in [-0.4, -0.2) is 26.4 Å². The van der Waals surface area contributed by atoms with Gasteiger partial charge in [-0.3, -0.25) is 9.36 Å². The highest BCUT2D eigenvalue weighted by atomic mass is 32.2. The minimum atomic E-state index is -0.0566. The average Bonchev–Trinajstić information content (AvgIpc) is 3.39. The molecule has 0 unspecified atom stereocenters. The number of thioether (sulfide) groups is 1. The number of carbonyl (C=O) groups excluding carboxylic acids is 1. The molecule has 0 fully saturated rings. The van der Waals surface area contributed by atoms with Gasteiger partial charge in [0.25, 0.3) is 0 Å². The molecular weight excluding hydrogens is 412 g/mol. The van der Waals surface area contributed by atoms with Gasteiger partial charge in [0.2, 0.25) is 5.91 Å². The molecule has 152 valence electrons. The maximum absolute atomic E-state index is 12.5. The van der Waals surface area contributed by atoms with Crippen molar-refractivity contribution in [3.8, 4) is 10.7 Å². The van der Waals surface area contributed by atoms with Crippen LogP contribution < -0.4 is 5.32 Å². The molecule has 4 rings (SSSR count). The SMILES string of the molecule is Cc1ccc(NC(=O)CSc2nnc(-c3cccs3)n2Cc2ccccc2)c(C)c1. The van der Waals surface area contributed by atoms with Crippen molar-refractivity contribution in [1.29, 1.82) is 0 Å². The third kappa shape index (κ3) is 4.80. The second-order valence-corrected chi connectivity index (χ2v) is 8.90. The predicted molar refractivity (Wildman–Crippen MR) is 124 cm³/mol. The third-order valence-electron chi connectivity index (χ3n) is 4.63. The van der Waals surface area contributed by atoms with Crippen LogP contribution >= 0.6 is 23.1 Å². The predicted octanol–water partition coefficient (Wildman–Crippen LogP) is 5.40. The van der Waals surface area contributed by atoms with E-state index in [2.05, 4.69) is 38.3 Å². The van der Waals surface area contributed by atoms with E-state index in [0.717, 1.165) is 32.7 Å². The van der Waals surface area contributed by atoms with E-state index in [4.69, 9.17) is 0 Å². The van der Waals surface area contributed by atoms with Gasteiger partial charge in [0.15, 0.2) is 11.0 Å². The molecule has 0 atom stereocenters. The first-order valence-corrected chi connectivity index (χ1v) is 11.5. The van der Waals surface area contributed by atoms with E-state index < -0.39 is 0 Å². The van der Waals surface area contributed by atoms with Crippen LogP contribution in [0.15, 0.2) is 71.2 Å². The quantitative estimate of drug-likeness (QED) is 0.396. The number of carbonyl (C=O) groups is 1. The number of aryl methyl sites for hydroxylation is 2. The molecule has 0 saturated carbocycles. The van der Waals surface area contributed by atoms with E-state index >= 15 is 0 Å². The van der Waals surface area contributed by atoms with Crippen molar-refractivity contribution in [3.05, 3.63) is 82.7 Å².